The topological polar surface area (TPSA) is 71.8 Å². The highest BCUT2D eigenvalue weighted by molar-refractivity contribution is 6.34. The van der Waals surface area contributed by atoms with Gasteiger partial charge in [-0.1, -0.05) is 49.2 Å². The van der Waals surface area contributed by atoms with E-state index < -0.39 is 5.97 Å². The molecule has 8 heteroatoms. The zero-order valence-electron chi connectivity index (χ0n) is 18.5. The minimum absolute atomic E-state index is 0.0956. The standard InChI is InChI=1S/C24H30Cl2N2O4/c1-16(2)14-32-15-19-4-3-10-27(19)13-22-20(25)12-21(26)23(29)28(22)11-9-17-5-7-18(8-6-17)24(30)31/h5-8,12,16,19H,3-4,9-11,13-15H2,1-2H3,(H,30,31)/t19-/m1/s1. The quantitative estimate of drug-likeness (QED) is 0.531. The summed E-state index contributed by atoms with van der Waals surface area (Å²) in [7, 11) is 0. The molecule has 0 bridgehead atoms. The SMILES string of the molecule is CC(C)COC[C@H]1CCCN1Cc1c(Cl)cc(Cl)c(=O)n1CCc1ccc(C(=O)O)cc1. The van der Waals surface area contributed by atoms with Gasteiger partial charge < -0.3 is 14.4 Å². The van der Waals surface area contributed by atoms with Crippen LogP contribution in [0.15, 0.2) is 35.1 Å². The Balaban J connectivity index is 1.76. The Labute approximate surface area is 198 Å². The molecule has 0 aliphatic carbocycles. The number of hydrogen-bond acceptors (Lipinski definition) is 4. The van der Waals surface area contributed by atoms with Crippen molar-refractivity contribution in [2.24, 2.45) is 5.92 Å². The fourth-order valence-electron chi connectivity index (χ4n) is 4.01. The van der Waals surface area contributed by atoms with E-state index in [1.54, 1.807) is 28.8 Å². The van der Waals surface area contributed by atoms with Gasteiger partial charge in [-0.25, -0.2) is 4.79 Å². The molecule has 1 aromatic heterocycles. The van der Waals surface area contributed by atoms with E-state index in [0.717, 1.165) is 37.3 Å². The van der Waals surface area contributed by atoms with Gasteiger partial charge in [-0.05, 0) is 55.5 Å². The van der Waals surface area contributed by atoms with Gasteiger partial charge in [-0.2, -0.15) is 0 Å². The zero-order valence-corrected chi connectivity index (χ0v) is 20.0. The lowest BCUT2D eigenvalue weighted by Crippen LogP contribution is -2.36. The van der Waals surface area contributed by atoms with Crippen molar-refractivity contribution in [3.05, 3.63) is 67.6 Å². The molecule has 1 aliphatic heterocycles. The molecule has 2 aromatic rings. The van der Waals surface area contributed by atoms with E-state index in [9.17, 15) is 9.59 Å². The number of ether oxygens (including phenoxy) is 1. The third kappa shape index (κ3) is 6.35. The van der Waals surface area contributed by atoms with Crippen molar-refractivity contribution in [3.8, 4) is 0 Å². The highest BCUT2D eigenvalue weighted by Crippen LogP contribution is 2.25. The van der Waals surface area contributed by atoms with E-state index in [2.05, 4.69) is 18.7 Å². The highest BCUT2D eigenvalue weighted by atomic mass is 35.5. The van der Waals surface area contributed by atoms with E-state index in [1.807, 2.05) is 0 Å². The number of benzene rings is 1. The van der Waals surface area contributed by atoms with Crippen LogP contribution in [0, 0.1) is 5.92 Å². The maximum absolute atomic E-state index is 12.9. The number of carbonyl (C=O) groups is 1. The van der Waals surface area contributed by atoms with Crippen LogP contribution < -0.4 is 5.56 Å². The number of carboxylic acid groups (broad SMARTS) is 1. The van der Waals surface area contributed by atoms with Crippen molar-refractivity contribution >= 4 is 29.2 Å². The molecule has 32 heavy (non-hydrogen) atoms. The van der Waals surface area contributed by atoms with Crippen molar-refractivity contribution in [2.45, 2.75) is 52.2 Å². The normalized spacial score (nSPS) is 16.7. The Kier molecular flexibility index (Phi) is 8.77. The molecule has 1 N–H and O–H groups in total. The summed E-state index contributed by atoms with van der Waals surface area (Å²) >= 11 is 12.7. The summed E-state index contributed by atoms with van der Waals surface area (Å²) < 4.78 is 7.53. The van der Waals surface area contributed by atoms with Crippen molar-refractivity contribution in [3.63, 3.8) is 0 Å². The Hall–Kier alpha value is -1.86. The Morgan fingerprint density at radius 3 is 2.59 bits per heavy atom. The van der Waals surface area contributed by atoms with E-state index in [4.69, 9.17) is 33.0 Å². The first-order chi connectivity index (χ1) is 15.3. The number of carboxylic acids is 1. The number of aromatic nitrogens is 1. The van der Waals surface area contributed by atoms with Gasteiger partial charge in [0.2, 0.25) is 0 Å². The number of halogens is 2. The van der Waals surface area contributed by atoms with E-state index in [-0.39, 0.29) is 16.1 Å². The molecule has 0 spiro atoms. The molecule has 1 fully saturated rings. The number of hydrogen-bond donors (Lipinski definition) is 1. The van der Waals surface area contributed by atoms with Gasteiger partial charge >= 0.3 is 5.97 Å². The maximum atomic E-state index is 12.9. The molecule has 6 nitrogen and oxygen atoms in total. The second-order valence-electron chi connectivity index (χ2n) is 8.69. The van der Waals surface area contributed by atoms with Gasteiger partial charge in [0.25, 0.3) is 5.56 Å². The van der Waals surface area contributed by atoms with Crippen LogP contribution in [-0.2, 0) is 24.2 Å². The number of rotatable bonds is 10. The maximum Gasteiger partial charge on any atom is 0.335 e. The Bertz CT molecular complexity index is 989. The molecule has 2 heterocycles. The van der Waals surface area contributed by atoms with Crippen LogP contribution in [0.4, 0.5) is 0 Å². The average molecular weight is 481 g/mol. The van der Waals surface area contributed by atoms with Crippen LogP contribution in [0.3, 0.4) is 0 Å². The fraction of sp³-hybridized carbons (Fsp3) is 0.500. The predicted molar refractivity (Wildman–Crippen MR) is 127 cm³/mol. The van der Waals surface area contributed by atoms with Gasteiger partial charge in [-0.3, -0.25) is 9.69 Å². The van der Waals surface area contributed by atoms with Gasteiger partial charge in [0.05, 0.1) is 22.9 Å². The molecule has 0 radical (unpaired) electrons. The van der Waals surface area contributed by atoms with Crippen LogP contribution in [0.5, 0.6) is 0 Å². The molecule has 0 unspecified atom stereocenters. The number of nitrogens with zero attached hydrogens (tertiary/aromatic N) is 2. The lowest BCUT2D eigenvalue weighted by Gasteiger charge is -2.27. The number of aryl methyl sites for hydroxylation is 1. The van der Waals surface area contributed by atoms with Crippen LogP contribution in [0.1, 0.15) is 48.3 Å². The first-order valence-electron chi connectivity index (χ1n) is 11.0. The Morgan fingerprint density at radius 2 is 1.94 bits per heavy atom. The summed E-state index contributed by atoms with van der Waals surface area (Å²) in [6.45, 7) is 7.56. The monoisotopic (exact) mass is 480 g/mol. The molecule has 3 rings (SSSR count). The average Bonchev–Trinajstić information content (AvgIpc) is 3.18. The molecule has 0 saturated carbocycles. The van der Waals surface area contributed by atoms with Crippen LogP contribution in [-0.4, -0.2) is 46.3 Å². The fourth-order valence-corrected chi connectivity index (χ4v) is 4.55. The predicted octanol–water partition coefficient (Wildman–Crippen LogP) is 4.73. The smallest absolute Gasteiger partial charge is 0.335 e. The largest absolute Gasteiger partial charge is 0.478 e. The third-order valence-electron chi connectivity index (χ3n) is 5.74. The first-order valence-corrected chi connectivity index (χ1v) is 11.7. The number of likely N-dealkylation sites (tertiary alicyclic amines) is 1. The molecular weight excluding hydrogens is 451 g/mol. The number of aromatic carboxylic acids is 1. The van der Waals surface area contributed by atoms with Gasteiger partial charge in [-0.15, -0.1) is 0 Å². The summed E-state index contributed by atoms with van der Waals surface area (Å²) in [5.74, 6) is -0.473. The van der Waals surface area contributed by atoms with Crippen molar-refractivity contribution in [2.75, 3.05) is 19.8 Å². The summed E-state index contributed by atoms with van der Waals surface area (Å²) in [6.07, 6.45) is 2.70. The van der Waals surface area contributed by atoms with E-state index in [0.29, 0.717) is 43.1 Å². The van der Waals surface area contributed by atoms with Crippen LogP contribution in [0.25, 0.3) is 0 Å². The molecule has 1 atom stereocenters. The van der Waals surface area contributed by atoms with Crippen LogP contribution >= 0.6 is 23.2 Å². The lowest BCUT2D eigenvalue weighted by molar-refractivity contribution is 0.0586. The zero-order chi connectivity index (χ0) is 23.3. The second-order valence-corrected chi connectivity index (χ2v) is 9.51. The number of pyridine rings is 1. The highest BCUT2D eigenvalue weighted by Gasteiger charge is 2.27. The summed E-state index contributed by atoms with van der Waals surface area (Å²) in [6, 6.07) is 8.49. The molecule has 174 valence electrons. The minimum Gasteiger partial charge on any atom is -0.478 e. The second kappa shape index (κ2) is 11.3. The van der Waals surface area contributed by atoms with Gasteiger partial charge in [0.1, 0.15) is 5.02 Å². The Morgan fingerprint density at radius 1 is 1.22 bits per heavy atom. The summed E-state index contributed by atoms with van der Waals surface area (Å²) in [5.41, 5.74) is 1.65. The third-order valence-corrected chi connectivity index (χ3v) is 6.34. The first kappa shape index (κ1) is 24.8. The van der Waals surface area contributed by atoms with E-state index in [1.165, 1.54) is 6.07 Å². The lowest BCUT2D eigenvalue weighted by atomic mass is 10.1. The minimum atomic E-state index is -0.964. The molecule has 0 amide bonds. The van der Waals surface area contributed by atoms with Crippen LogP contribution in [0.2, 0.25) is 10.0 Å². The van der Waals surface area contributed by atoms with Crippen molar-refractivity contribution in [1.29, 1.82) is 0 Å². The summed E-state index contributed by atoms with van der Waals surface area (Å²) in [4.78, 5) is 26.2. The molecule has 1 saturated heterocycles. The van der Waals surface area contributed by atoms with Gasteiger partial charge in [0.15, 0.2) is 0 Å². The van der Waals surface area contributed by atoms with Gasteiger partial charge in [0, 0.05) is 25.7 Å². The molecular formula is C24H30Cl2N2O4. The molecule has 1 aliphatic rings. The molecule has 1 aromatic carbocycles. The van der Waals surface area contributed by atoms with Crippen molar-refractivity contribution < 1.29 is 14.6 Å². The summed E-state index contributed by atoms with van der Waals surface area (Å²) in [5, 5.41) is 9.64. The van der Waals surface area contributed by atoms with Crippen molar-refractivity contribution in [1.82, 2.24) is 9.47 Å². The van der Waals surface area contributed by atoms with E-state index >= 15 is 0 Å².